The van der Waals surface area contributed by atoms with Gasteiger partial charge in [0, 0.05) is 29.1 Å². The summed E-state index contributed by atoms with van der Waals surface area (Å²) < 4.78 is 15.0. The van der Waals surface area contributed by atoms with Crippen LogP contribution in [0.5, 0.6) is 17.2 Å². The molecule has 62 heavy (non-hydrogen) atoms. The number of hydrogen-bond donors (Lipinski definition) is 5. The van der Waals surface area contributed by atoms with Gasteiger partial charge < -0.3 is 34.5 Å². The number of β-amino-alcohol motifs (C(OH)–C–C–N with tert-alkyl or cyclic N) is 1. The minimum absolute atomic E-state index is 0.0191. The van der Waals surface area contributed by atoms with Crippen LogP contribution in [0.25, 0.3) is 39.4 Å². The van der Waals surface area contributed by atoms with E-state index in [4.69, 9.17) is 14.5 Å². The molecule has 2 unspecified atom stereocenters. The summed E-state index contributed by atoms with van der Waals surface area (Å²) in [5, 5.41) is 50.2. The van der Waals surface area contributed by atoms with E-state index in [2.05, 4.69) is 15.1 Å². The SMILES string of the molecule is CCc1c2c(nc3ccc(O)cc13)-c1cc3c(c(=O)n1C2)COC(=O)C3(CC)OC(O)CN1CCC(Cc2ccc(-n3c(-c4cc(C(C)C)c(O)cc4O)n[nH]c3=O)cc2)CC1. The predicted octanol–water partition coefficient (Wildman–Crippen LogP) is 5.72. The first kappa shape index (κ1) is 41.1. The third kappa shape index (κ3) is 6.93. The van der Waals surface area contributed by atoms with Crippen LogP contribution in [0.4, 0.5) is 0 Å². The molecule has 3 aromatic heterocycles. The number of aryl methyl sites for hydroxylation is 1. The van der Waals surface area contributed by atoms with E-state index in [1.165, 1.54) is 10.6 Å². The number of carbonyl (C=O) groups excluding carboxylic acids is 1. The highest BCUT2D eigenvalue weighted by molar-refractivity contribution is 5.90. The molecular formula is C47H50N6O9. The summed E-state index contributed by atoms with van der Waals surface area (Å²) in [4.78, 5) is 47.8. The van der Waals surface area contributed by atoms with Gasteiger partial charge in [0.2, 0.25) is 0 Å². The van der Waals surface area contributed by atoms with Crippen molar-refractivity contribution >= 4 is 16.9 Å². The number of aliphatic hydroxyl groups excluding tert-OH is 1. The van der Waals surface area contributed by atoms with Crippen molar-refractivity contribution in [3.05, 3.63) is 115 Å². The Morgan fingerprint density at radius 3 is 2.42 bits per heavy atom. The number of aromatic amines is 1. The number of aromatic nitrogens is 5. The summed E-state index contributed by atoms with van der Waals surface area (Å²) in [5.41, 5.74) is 4.71. The zero-order valence-electron chi connectivity index (χ0n) is 35.1. The topological polar surface area (TPSA) is 205 Å². The minimum Gasteiger partial charge on any atom is -0.508 e. The Bertz CT molecular complexity index is 2860. The molecule has 2 atom stereocenters. The molecule has 3 aliphatic heterocycles. The van der Waals surface area contributed by atoms with E-state index in [0.717, 1.165) is 41.3 Å². The summed E-state index contributed by atoms with van der Waals surface area (Å²) in [5.74, 6) is -0.135. The number of rotatable bonds is 11. The van der Waals surface area contributed by atoms with E-state index < -0.39 is 23.6 Å². The second-order valence-electron chi connectivity index (χ2n) is 17.0. The van der Waals surface area contributed by atoms with Gasteiger partial charge in [0.1, 0.15) is 23.9 Å². The van der Waals surface area contributed by atoms with E-state index in [9.17, 15) is 34.8 Å². The lowest BCUT2D eigenvalue weighted by molar-refractivity contribution is -0.224. The number of H-pyrrole nitrogens is 1. The molecule has 0 bridgehead atoms. The van der Waals surface area contributed by atoms with Crippen LogP contribution in [-0.4, -0.2) is 81.5 Å². The summed E-state index contributed by atoms with van der Waals surface area (Å²) >= 11 is 0. The number of phenols is 3. The van der Waals surface area contributed by atoms with Crippen molar-refractivity contribution in [2.24, 2.45) is 5.92 Å². The number of aliphatic hydroxyl groups is 1. The molecule has 0 saturated carbocycles. The summed E-state index contributed by atoms with van der Waals surface area (Å²) in [6, 6.07) is 17.5. The molecule has 9 rings (SSSR count). The fourth-order valence-corrected chi connectivity index (χ4v) is 9.67. The Morgan fingerprint density at radius 1 is 0.952 bits per heavy atom. The van der Waals surface area contributed by atoms with E-state index in [0.29, 0.717) is 76.8 Å². The normalized spacial score (nSPS) is 18.2. The van der Waals surface area contributed by atoms with Crippen LogP contribution in [0.15, 0.2) is 70.3 Å². The van der Waals surface area contributed by atoms with Crippen LogP contribution >= 0.6 is 0 Å². The van der Waals surface area contributed by atoms with Crippen molar-refractivity contribution in [2.75, 3.05) is 19.6 Å². The number of benzene rings is 3. The number of nitrogens with one attached hydrogen (secondary N) is 1. The fraction of sp³-hybridized carbons (Fsp3) is 0.383. The molecule has 5 N–H and O–H groups in total. The van der Waals surface area contributed by atoms with Gasteiger partial charge in [-0.3, -0.25) is 9.69 Å². The first-order valence-electron chi connectivity index (χ1n) is 21.3. The van der Waals surface area contributed by atoms with Gasteiger partial charge in [-0.15, -0.1) is 0 Å². The number of hydrogen-bond acceptors (Lipinski definition) is 12. The molecule has 0 spiro atoms. The maximum Gasteiger partial charge on any atom is 0.348 e. The van der Waals surface area contributed by atoms with Crippen molar-refractivity contribution < 1.29 is 34.7 Å². The molecule has 15 heteroatoms. The second kappa shape index (κ2) is 15.9. The highest BCUT2D eigenvalue weighted by Crippen LogP contribution is 2.43. The fourth-order valence-electron chi connectivity index (χ4n) is 9.67. The summed E-state index contributed by atoms with van der Waals surface area (Å²) in [6.45, 7) is 9.34. The third-order valence-corrected chi connectivity index (χ3v) is 13.0. The number of nitrogens with zero attached hydrogens (tertiary/aromatic N) is 5. The van der Waals surface area contributed by atoms with Gasteiger partial charge in [-0.05, 0) is 116 Å². The van der Waals surface area contributed by atoms with Gasteiger partial charge >= 0.3 is 11.7 Å². The number of likely N-dealkylation sites (tertiary alicyclic amines) is 1. The monoisotopic (exact) mass is 842 g/mol. The number of pyridine rings is 2. The Hall–Kier alpha value is -6.29. The van der Waals surface area contributed by atoms with Gasteiger partial charge in [0.05, 0.1) is 40.3 Å². The van der Waals surface area contributed by atoms with E-state index >= 15 is 0 Å². The highest BCUT2D eigenvalue weighted by Gasteiger charge is 2.50. The number of aromatic hydroxyl groups is 3. The number of phenolic OH excluding ortho intramolecular Hbond substituents is 3. The predicted molar refractivity (Wildman–Crippen MR) is 230 cm³/mol. The minimum atomic E-state index is -1.70. The van der Waals surface area contributed by atoms with Gasteiger partial charge in [0.25, 0.3) is 5.56 Å². The average Bonchev–Trinajstić information content (AvgIpc) is 3.82. The van der Waals surface area contributed by atoms with Crippen LogP contribution in [0, 0.1) is 5.92 Å². The van der Waals surface area contributed by atoms with Gasteiger partial charge in [-0.25, -0.2) is 24.2 Å². The zero-order chi connectivity index (χ0) is 43.6. The Morgan fingerprint density at radius 2 is 1.71 bits per heavy atom. The molecule has 6 heterocycles. The molecule has 1 saturated heterocycles. The third-order valence-electron chi connectivity index (χ3n) is 13.0. The Labute approximate surface area is 356 Å². The Balaban J connectivity index is 0.876. The number of cyclic esters (lactones) is 1. The molecule has 3 aromatic carbocycles. The molecule has 0 aliphatic carbocycles. The molecule has 0 radical (unpaired) electrons. The number of fused-ring (bicyclic) bond motifs is 5. The van der Waals surface area contributed by atoms with Crippen LogP contribution in [0.2, 0.25) is 0 Å². The van der Waals surface area contributed by atoms with E-state index in [1.807, 2.05) is 51.1 Å². The molecule has 0 amide bonds. The number of esters is 1. The Kier molecular flexibility index (Phi) is 10.5. The van der Waals surface area contributed by atoms with Gasteiger partial charge in [-0.1, -0.05) is 39.8 Å². The lowest BCUT2D eigenvalue weighted by atomic mass is 9.85. The summed E-state index contributed by atoms with van der Waals surface area (Å²) in [6.07, 6.45) is 2.00. The van der Waals surface area contributed by atoms with Crippen molar-refractivity contribution in [3.63, 3.8) is 0 Å². The second-order valence-corrected chi connectivity index (χ2v) is 17.0. The lowest BCUT2D eigenvalue weighted by Crippen LogP contribution is -2.50. The van der Waals surface area contributed by atoms with Crippen molar-refractivity contribution in [1.82, 2.24) is 29.2 Å². The number of ether oxygens (including phenoxy) is 2. The zero-order valence-corrected chi connectivity index (χ0v) is 35.1. The van der Waals surface area contributed by atoms with Crippen LogP contribution in [0.1, 0.15) is 86.3 Å². The largest absolute Gasteiger partial charge is 0.508 e. The molecule has 15 nitrogen and oxygen atoms in total. The molecule has 1 fully saturated rings. The summed E-state index contributed by atoms with van der Waals surface area (Å²) in [7, 11) is 0. The highest BCUT2D eigenvalue weighted by atomic mass is 16.6. The lowest BCUT2D eigenvalue weighted by Gasteiger charge is -2.39. The quantitative estimate of drug-likeness (QED) is 0.0784. The van der Waals surface area contributed by atoms with Crippen molar-refractivity contribution in [1.29, 1.82) is 0 Å². The van der Waals surface area contributed by atoms with Gasteiger partial charge in [0.15, 0.2) is 17.7 Å². The molecule has 322 valence electrons. The standard InChI is InChI=1S/C47H50N6O9/c1-5-30-32-18-29(54)11-12-37(32)48-42-34(30)22-52-38(42)20-36-35(44(52)58)24-61-45(59)47(36,6-2)62-41(57)23-51-15-13-27(14-16-51)17-26-7-9-28(10-8-26)53-43(49-50-46(53)60)33-19-31(25(3)4)39(55)21-40(33)56/h7-12,18-21,25,27,41,54-57H,5-6,13-17,22-24H2,1-4H3,(H,50,60). The van der Waals surface area contributed by atoms with Crippen molar-refractivity contribution in [3.8, 4) is 45.7 Å². The van der Waals surface area contributed by atoms with Crippen LogP contribution in [-0.2, 0) is 45.9 Å². The molecule has 3 aliphatic rings. The molecular weight excluding hydrogens is 793 g/mol. The van der Waals surface area contributed by atoms with Crippen molar-refractivity contribution in [2.45, 2.75) is 90.8 Å². The first-order valence-corrected chi connectivity index (χ1v) is 21.3. The maximum absolute atomic E-state index is 14.1. The van der Waals surface area contributed by atoms with E-state index in [-0.39, 0.29) is 54.1 Å². The number of carbonyl (C=O) groups is 1. The van der Waals surface area contributed by atoms with Crippen LogP contribution < -0.4 is 11.2 Å². The first-order chi connectivity index (χ1) is 29.8. The smallest absolute Gasteiger partial charge is 0.348 e. The average molecular weight is 843 g/mol. The maximum atomic E-state index is 14.1. The van der Waals surface area contributed by atoms with E-state index in [1.54, 1.807) is 35.8 Å². The van der Waals surface area contributed by atoms with Gasteiger partial charge in [-0.2, -0.15) is 5.10 Å². The van der Waals surface area contributed by atoms with Crippen LogP contribution in [0.3, 0.4) is 0 Å². The number of piperidine rings is 1. The molecule has 6 aromatic rings.